The highest BCUT2D eigenvalue weighted by atomic mass is 17.2. The largest absolute Gasteiger partial charge is 0.394 e. The van der Waals surface area contributed by atoms with Crippen molar-refractivity contribution in [1.82, 2.24) is 0 Å². The van der Waals surface area contributed by atoms with Gasteiger partial charge in [-0.1, -0.05) is 0 Å². The van der Waals surface area contributed by atoms with Crippen LogP contribution in [0.15, 0.2) is 10.4 Å². The molecule has 1 aliphatic heterocycles. The molecular weight excluding hydrogens is 228 g/mol. The highest BCUT2D eigenvalue weighted by Gasteiger charge is 2.55. The summed E-state index contributed by atoms with van der Waals surface area (Å²) in [4.78, 5) is 3.18. The van der Waals surface area contributed by atoms with Gasteiger partial charge in [-0.2, -0.15) is 5.26 Å². The SMILES string of the molecule is OCC1OC(O)C(O)(N=NOO)[C@@H](O)[C@@H]1O. The van der Waals surface area contributed by atoms with E-state index in [-0.39, 0.29) is 0 Å². The van der Waals surface area contributed by atoms with E-state index in [1.807, 2.05) is 0 Å². The molecule has 10 heteroatoms. The molecule has 0 aromatic carbocycles. The first-order chi connectivity index (χ1) is 7.47. The fourth-order valence-corrected chi connectivity index (χ4v) is 1.29. The summed E-state index contributed by atoms with van der Waals surface area (Å²) in [6.45, 7) is -0.682. The standard InChI is InChI=1S/C6H12N2O8/c9-1-2-3(10)4(11)6(13,5(12)15-2)7-8-16-14/h2-5,9-14H,1H2/t2?,3-,4+,5?,6?/m1/s1. The van der Waals surface area contributed by atoms with Crippen molar-refractivity contribution >= 4 is 0 Å². The molecular formula is C6H12N2O8. The molecule has 0 aromatic rings. The van der Waals surface area contributed by atoms with Gasteiger partial charge < -0.3 is 30.3 Å². The number of nitrogens with zero attached hydrogens (tertiary/aromatic N) is 2. The molecule has 1 saturated heterocycles. The second-order valence-electron chi connectivity index (χ2n) is 3.19. The maximum absolute atomic E-state index is 9.60. The van der Waals surface area contributed by atoms with Crippen LogP contribution in [0.4, 0.5) is 0 Å². The lowest BCUT2D eigenvalue weighted by Crippen LogP contribution is -2.65. The molecule has 6 N–H and O–H groups in total. The minimum absolute atomic E-state index is 0.682. The molecule has 1 heterocycles. The summed E-state index contributed by atoms with van der Waals surface area (Å²) in [6.07, 6.45) is -7.01. The Morgan fingerprint density at radius 2 is 1.94 bits per heavy atom. The van der Waals surface area contributed by atoms with Crippen molar-refractivity contribution in [3.8, 4) is 0 Å². The van der Waals surface area contributed by atoms with E-state index < -0.39 is 36.9 Å². The van der Waals surface area contributed by atoms with Crippen LogP contribution in [0.5, 0.6) is 0 Å². The monoisotopic (exact) mass is 240 g/mol. The summed E-state index contributed by atoms with van der Waals surface area (Å²) in [5.41, 5.74) is -2.70. The molecule has 16 heavy (non-hydrogen) atoms. The van der Waals surface area contributed by atoms with Crippen molar-refractivity contribution in [1.29, 1.82) is 0 Å². The maximum Gasteiger partial charge on any atom is 0.260 e. The summed E-state index contributed by atoms with van der Waals surface area (Å²) in [7, 11) is 0. The smallest absolute Gasteiger partial charge is 0.260 e. The predicted octanol–water partition coefficient (Wildman–Crippen LogP) is -3.04. The molecule has 1 fully saturated rings. The first-order valence-electron chi connectivity index (χ1n) is 4.23. The van der Waals surface area contributed by atoms with Crippen LogP contribution in [0.3, 0.4) is 0 Å². The van der Waals surface area contributed by atoms with Crippen molar-refractivity contribution in [2.75, 3.05) is 6.61 Å². The summed E-state index contributed by atoms with van der Waals surface area (Å²) in [5.74, 6) is 0. The summed E-state index contributed by atoms with van der Waals surface area (Å²) in [5, 5.41) is 59.7. The van der Waals surface area contributed by atoms with Gasteiger partial charge in [-0.15, -0.1) is 5.11 Å². The van der Waals surface area contributed by atoms with Gasteiger partial charge in [0.05, 0.1) is 11.9 Å². The average molecular weight is 240 g/mol. The predicted molar refractivity (Wildman–Crippen MR) is 43.5 cm³/mol. The van der Waals surface area contributed by atoms with E-state index in [1.165, 1.54) is 0 Å². The van der Waals surface area contributed by atoms with Gasteiger partial charge in [0.2, 0.25) is 6.29 Å². The van der Waals surface area contributed by atoms with Gasteiger partial charge in [0.25, 0.3) is 5.72 Å². The summed E-state index contributed by atoms with van der Waals surface area (Å²) >= 11 is 0. The second kappa shape index (κ2) is 4.97. The van der Waals surface area contributed by atoms with Gasteiger partial charge in [0.15, 0.2) is 0 Å². The van der Waals surface area contributed by atoms with Crippen molar-refractivity contribution in [3.63, 3.8) is 0 Å². The molecule has 5 atom stereocenters. The third-order valence-electron chi connectivity index (χ3n) is 2.22. The Morgan fingerprint density at radius 3 is 2.44 bits per heavy atom. The molecule has 94 valence electrons. The Labute approximate surface area is 88.9 Å². The molecule has 3 unspecified atom stereocenters. The van der Waals surface area contributed by atoms with Crippen LogP contribution in [0.2, 0.25) is 0 Å². The number of hydrogen-bond donors (Lipinski definition) is 6. The lowest BCUT2D eigenvalue weighted by Gasteiger charge is -2.42. The lowest BCUT2D eigenvalue weighted by molar-refractivity contribution is -0.335. The molecule has 0 amide bonds. The third-order valence-corrected chi connectivity index (χ3v) is 2.22. The van der Waals surface area contributed by atoms with E-state index in [0.717, 1.165) is 0 Å². The van der Waals surface area contributed by atoms with Crippen LogP contribution >= 0.6 is 0 Å². The van der Waals surface area contributed by atoms with Gasteiger partial charge in [0, 0.05) is 0 Å². The van der Waals surface area contributed by atoms with E-state index in [9.17, 15) is 20.4 Å². The minimum atomic E-state index is -2.70. The van der Waals surface area contributed by atoms with E-state index in [4.69, 9.17) is 10.4 Å². The van der Waals surface area contributed by atoms with E-state index >= 15 is 0 Å². The zero-order valence-corrected chi connectivity index (χ0v) is 7.91. The van der Waals surface area contributed by atoms with Crippen LogP contribution in [0.1, 0.15) is 0 Å². The molecule has 0 bridgehead atoms. The summed E-state index contributed by atoms with van der Waals surface area (Å²) < 4.78 is 4.59. The van der Waals surface area contributed by atoms with Crippen LogP contribution in [0, 0.1) is 0 Å². The van der Waals surface area contributed by atoms with E-state index in [2.05, 4.69) is 20.1 Å². The molecule has 0 aliphatic carbocycles. The Balaban J connectivity index is 2.90. The van der Waals surface area contributed by atoms with Gasteiger partial charge >= 0.3 is 0 Å². The molecule has 0 aromatic heterocycles. The highest BCUT2D eigenvalue weighted by molar-refractivity contribution is 4.97. The van der Waals surface area contributed by atoms with Crippen molar-refractivity contribution in [2.24, 2.45) is 10.4 Å². The van der Waals surface area contributed by atoms with Gasteiger partial charge in [-0.05, 0) is 0 Å². The number of aliphatic hydroxyl groups excluding tert-OH is 4. The first kappa shape index (κ1) is 13.2. The van der Waals surface area contributed by atoms with Gasteiger partial charge in [-0.3, -0.25) is 0 Å². The highest BCUT2D eigenvalue weighted by Crippen LogP contribution is 2.30. The van der Waals surface area contributed by atoms with Crippen LogP contribution in [-0.4, -0.2) is 67.7 Å². The molecule has 0 spiro atoms. The summed E-state index contributed by atoms with van der Waals surface area (Å²) in [6, 6.07) is 0. The van der Waals surface area contributed by atoms with Crippen LogP contribution in [-0.2, 0) is 9.73 Å². The topological polar surface area (TPSA) is 165 Å². The molecule has 0 saturated carbocycles. The normalized spacial score (nSPS) is 44.9. The van der Waals surface area contributed by atoms with Gasteiger partial charge in [-0.25, -0.2) is 4.99 Å². The Morgan fingerprint density at radius 1 is 1.31 bits per heavy atom. The Kier molecular flexibility index (Phi) is 4.09. The fourth-order valence-electron chi connectivity index (χ4n) is 1.29. The lowest BCUT2D eigenvalue weighted by atomic mass is 9.94. The van der Waals surface area contributed by atoms with Crippen LogP contribution in [0.25, 0.3) is 0 Å². The van der Waals surface area contributed by atoms with Crippen molar-refractivity contribution < 1.29 is 40.5 Å². The van der Waals surface area contributed by atoms with E-state index in [0.29, 0.717) is 0 Å². The average Bonchev–Trinajstić information content (AvgIpc) is 2.29. The number of hydrogen-bond acceptors (Lipinski definition) is 10. The maximum atomic E-state index is 9.60. The zero-order chi connectivity index (χ0) is 12.3. The minimum Gasteiger partial charge on any atom is -0.394 e. The number of rotatable bonds is 3. The van der Waals surface area contributed by atoms with E-state index in [1.54, 1.807) is 0 Å². The first-order valence-corrected chi connectivity index (χ1v) is 4.23. The second-order valence-corrected chi connectivity index (χ2v) is 3.19. The molecule has 0 radical (unpaired) electrons. The molecule has 10 nitrogen and oxygen atoms in total. The van der Waals surface area contributed by atoms with Crippen molar-refractivity contribution in [2.45, 2.75) is 30.3 Å². The molecule has 1 rings (SSSR count). The van der Waals surface area contributed by atoms with Gasteiger partial charge in [0.1, 0.15) is 18.3 Å². The Bertz CT molecular complexity index is 263. The van der Waals surface area contributed by atoms with Crippen LogP contribution < -0.4 is 0 Å². The Hall–Kier alpha value is -0.880. The fraction of sp³-hybridized carbons (Fsp3) is 1.00. The quantitative estimate of drug-likeness (QED) is 0.172. The number of aliphatic hydroxyl groups is 5. The molecule has 1 aliphatic rings. The third kappa shape index (κ3) is 2.12. The van der Waals surface area contributed by atoms with Crippen molar-refractivity contribution in [3.05, 3.63) is 0 Å². The zero-order valence-electron chi connectivity index (χ0n) is 7.91. The number of ether oxygens (including phenoxy) is 1.